The molecule has 1 amide bonds. The van der Waals surface area contributed by atoms with Crippen LogP contribution in [0.15, 0.2) is 24.3 Å². The average molecular weight is 277 g/mol. The summed E-state index contributed by atoms with van der Waals surface area (Å²) >= 11 is 0. The lowest BCUT2D eigenvalue weighted by Crippen LogP contribution is -2.39. The number of ketones is 1. The van der Waals surface area contributed by atoms with E-state index in [0.29, 0.717) is 6.42 Å². The molecule has 0 saturated heterocycles. The molecule has 1 heterocycles. The van der Waals surface area contributed by atoms with Gasteiger partial charge in [-0.25, -0.2) is 4.79 Å². The van der Waals surface area contributed by atoms with E-state index >= 15 is 0 Å². The first-order valence-electron chi connectivity index (χ1n) is 6.59. The maximum Gasteiger partial charge on any atom is 0.408 e. The Morgan fingerprint density at radius 3 is 2.70 bits per heavy atom. The Bertz CT molecular complexity index is 494. The Balaban J connectivity index is 1.81. The largest absolute Gasteiger partial charge is 0.482 e. The van der Waals surface area contributed by atoms with Gasteiger partial charge >= 0.3 is 6.09 Å². The highest BCUT2D eigenvalue weighted by Crippen LogP contribution is 2.28. The van der Waals surface area contributed by atoms with Crippen molar-refractivity contribution in [1.82, 2.24) is 5.32 Å². The number of hydrogen-bond donors (Lipinski definition) is 1. The zero-order valence-corrected chi connectivity index (χ0v) is 11.9. The SMILES string of the molecule is CC(C)(C)OC(=O)NCC(=O)C1Cc2ccccc2O1. The van der Waals surface area contributed by atoms with Gasteiger partial charge in [0.25, 0.3) is 0 Å². The van der Waals surface area contributed by atoms with Gasteiger partial charge in [0.05, 0.1) is 6.54 Å². The number of benzene rings is 1. The first-order chi connectivity index (χ1) is 9.35. The fourth-order valence-corrected chi connectivity index (χ4v) is 1.95. The Kier molecular flexibility index (Phi) is 3.97. The Morgan fingerprint density at radius 2 is 2.05 bits per heavy atom. The van der Waals surface area contributed by atoms with Crippen molar-refractivity contribution in [2.75, 3.05) is 6.54 Å². The van der Waals surface area contributed by atoms with E-state index in [1.807, 2.05) is 24.3 Å². The molecule has 0 spiro atoms. The quantitative estimate of drug-likeness (QED) is 0.918. The molecule has 20 heavy (non-hydrogen) atoms. The van der Waals surface area contributed by atoms with E-state index < -0.39 is 17.8 Å². The molecule has 108 valence electrons. The molecule has 0 saturated carbocycles. The van der Waals surface area contributed by atoms with Crippen LogP contribution < -0.4 is 10.1 Å². The maximum atomic E-state index is 12.0. The predicted octanol–water partition coefficient (Wildman–Crippen LogP) is 2.08. The summed E-state index contributed by atoms with van der Waals surface area (Å²) in [7, 11) is 0. The zero-order chi connectivity index (χ0) is 14.8. The summed E-state index contributed by atoms with van der Waals surface area (Å²) < 4.78 is 10.6. The van der Waals surface area contributed by atoms with Gasteiger partial charge in [-0.15, -0.1) is 0 Å². The van der Waals surface area contributed by atoms with Crippen LogP contribution in [-0.4, -0.2) is 30.1 Å². The lowest BCUT2D eigenvalue weighted by Gasteiger charge is -2.19. The minimum Gasteiger partial charge on any atom is -0.482 e. The number of alkyl carbamates (subject to hydrolysis) is 1. The molecule has 1 aromatic carbocycles. The fourth-order valence-electron chi connectivity index (χ4n) is 1.95. The summed E-state index contributed by atoms with van der Waals surface area (Å²) in [6.07, 6.45) is -0.575. The van der Waals surface area contributed by atoms with Crippen LogP contribution >= 0.6 is 0 Å². The van der Waals surface area contributed by atoms with Gasteiger partial charge in [0.1, 0.15) is 11.4 Å². The first-order valence-corrected chi connectivity index (χ1v) is 6.59. The van der Waals surface area contributed by atoms with E-state index in [9.17, 15) is 9.59 Å². The van der Waals surface area contributed by atoms with Crippen molar-refractivity contribution in [2.24, 2.45) is 0 Å². The second kappa shape index (κ2) is 5.53. The summed E-state index contributed by atoms with van der Waals surface area (Å²) in [5.74, 6) is 0.579. The summed E-state index contributed by atoms with van der Waals surface area (Å²) in [6, 6.07) is 7.55. The van der Waals surface area contributed by atoms with Crippen LogP contribution in [0.1, 0.15) is 26.3 Å². The van der Waals surface area contributed by atoms with Crippen LogP contribution in [0.4, 0.5) is 4.79 Å². The highest BCUT2D eigenvalue weighted by molar-refractivity contribution is 5.88. The molecule has 0 aliphatic carbocycles. The molecule has 1 N–H and O–H groups in total. The molecule has 5 heteroatoms. The number of hydrogen-bond acceptors (Lipinski definition) is 4. The van der Waals surface area contributed by atoms with Crippen molar-refractivity contribution in [3.63, 3.8) is 0 Å². The fraction of sp³-hybridized carbons (Fsp3) is 0.467. The number of fused-ring (bicyclic) bond motifs is 1. The van der Waals surface area contributed by atoms with Crippen molar-refractivity contribution >= 4 is 11.9 Å². The van der Waals surface area contributed by atoms with Crippen molar-refractivity contribution in [3.05, 3.63) is 29.8 Å². The summed E-state index contributed by atoms with van der Waals surface area (Å²) in [4.78, 5) is 23.5. The van der Waals surface area contributed by atoms with E-state index in [2.05, 4.69) is 5.32 Å². The molecule has 0 fully saturated rings. The van der Waals surface area contributed by atoms with Crippen LogP contribution in [0.2, 0.25) is 0 Å². The number of Topliss-reactive ketones (excluding diaryl/α,β-unsaturated/α-hetero) is 1. The Hall–Kier alpha value is -2.04. The summed E-state index contributed by atoms with van der Waals surface area (Å²) in [5, 5.41) is 2.45. The molecule has 0 aromatic heterocycles. The van der Waals surface area contributed by atoms with E-state index in [1.165, 1.54) is 0 Å². The van der Waals surface area contributed by atoms with E-state index in [-0.39, 0.29) is 12.3 Å². The summed E-state index contributed by atoms with van der Waals surface area (Å²) in [6.45, 7) is 5.22. The minimum atomic E-state index is -0.596. The number of ether oxygens (including phenoxy) is 2. The first kappa shape index (κ1) is 14.4. The lowest BCUT2D eigenvalue weighted by molar-refractivity contribution is -0.124. The molecular formula is C15H19NO4. The van der Waals surface area contributed by atoms with Gasteiger partial charge in [-0.1, -0.05) is 18.2 Å². The topological polar surface area (TPSA) is 64.6 Å². The van der Waals surface area contributed by atoms with Gasteiger partial charge in [0.2, 0.25) is 0 Å². The molecule has 5 nitrogen and oxygen atoms in total. The average Bonchev–Trinajstić information content (AvgIpc) is 2.77. The molecule has 1 unspecified atom stereocenters. The Labute approximate surface area is 118 Å². The molecule has 1 aromatic rings. The molecule has 1 aliphatic heterocycles. The van der Waals surface area contributed by atoms with E-state index in [0.717, 1.165) is 11.3 Å². The van der Waals surface area contributed by atoms with Gasteiger partial charge in [0.15, 0.2) is 11.9 Å². The Morgan fingerprint density at radius 1 is 1.35 bits per heavy atom. The standard InChI is InChI=1S/C15H19NO4/c1-15(2,3)20-14(18)16-9-11(17)13-8-10-6-4-5-7-12(10)19-13/h4-7,13H,8-9H2,1-3H3,(H,16,18). The molecule has 1 aliphatic rings. The highest BCUT2D eigenvalue weighted by Gasteiger charge is 2.29. The molecule has 0 radical (unpaired) electrons. The van der Waals surface area contributed by atoms with Crippen molar-refractivity contribution in [1.29, 1.82) is 0 Å². The van der Waals surface area contributed by atoms with Gasteiger partial charge < -0.3 is 14.8 Å². The van der Waals surface area contributed by atoms with E-state index in [1.54, 1.807) is 20.8 Å². The van der Waals surface area contributed by atoms with Gasteiger partial charge in [-0.05, 0) is 32.4 Å². The molecule has 2 rings (SSSR count). The third-order valence-corrected chi connectivity index (χ3v) is 2.81. The van der Waals surface area contributed by atoms with Crippen LogP contribution in [-0.2, 0) is 16.0 Å². The number of carbonyl (C=O) groups excluding carboxylic acids is 2. The zero-order valence-electron chi connectivity index (χ0n) is 11.9. The number of carbonyl (C=O) groups is 2. The smallest absolute Gasteiger partial charge is 0.408 e. The minimum absolute atomic E-state index is 0.0897. The highest BCUT2D eigenvalue weighted by atomic mass is 16.6. The predicted molar refractivity (Wildman–Crippen MR) is 73.8 cm³/mol. The maximum absolute atomic E-state index is 12.0. The number of para-hydroxylation sites is 1. The molecule has 1 atom stereocenters. The second-order valence-corrected chi connectivity index (χ2v) is 5.74. The van der Waals surface area contributed by atoms with Gasteiger partial charge in [0, 0.05) is 6.42 Å². The van der Waals surface area contributed by atoms with Crippen molar-refractivity contribution in [2.45, 2.75) is 38.9 Å². The van der Waals surface area contributed by atoms with Crippen molar-refractivity contribution in [3.8, 4) is 5.75 Å². The third-order valence-electron chi connectivity index (χ3n) is 2.81. The van der Waals surface area contributed by atoms with Gasteiger partial charge in [-0.2, -0.15) is 0 Å². The lowest BCUT2D eigenvalue weighted by atomic mass is 10.1. The van der Waals surface area contributed by atoms with Crippen molar-refractivity contribution < 1.29 is 19.1 Å². The van der Waals surface area contributed by atoms with Gasteiger partial charge in [-0.3, -0.25) is 4.79 Å². The number of amides is 1. The third kappa shape index (κ3) is 3.73. The van der Waals surface area contributed by atoms with E-state index in [4.69, 9.17) is 9.47 Å². The molecule has 0 bridgehead atoms. The second-order valence-electron chi connectivity index (χ2n) is 5.74. The normalized spacial score (nSPS) is 17.1. The summed E-state index contributed by atoms with van der Waals surface area (Å²) in [5.41, 5.74) is 0.441. The molecular weight excluding hydrogens is 258 g/mol. The number of rotatable bonds is 3. The van der Waals surface area contributed by atoms with Crippen LogP contribution in [0.3, 0.4) is 0 Å². The van der Waals surface area contributed by atoms with Crippen LogP contribution in [0.5, 0.6) is 5.75 Å². The number of nitrogens with one attached hydrogen (secondary N) is 1. The van der Waals surface area contributed by atoms with Crippen LogP contribution in [0, 0.1) is 0 Å². The monoisotopic (exact) mass is 277 g/mol. The van der Waals surface area contributed by atoms with Crippen LogP contribution in [0.25, 0.3) is 0 Å².